The zero-order chi connectivity index (χ0) is 18.2. The lowest BCUT2D eigenvalue weighted by Gasteiger charge is -2.27. The molecule has 134 valence electrons. The van der Waals surface area contributed by atoms with Crippen LogP contribution in [0.15, 0.2) is 30.8 Å². The number of nitrogens with zero attached hydrogens (tertiary/aromatic N) is 1. The SMILES string of the molecule is C=C(C)c1cccc(C(C)(C)NC(=O)NCCCN(CC)CC)c1. The Morgan fingerprint density at radius 2 is 1.92 bits per heavy atom. The van der Waals surface area contributed by atoms with Crippen LogP contribution in [-0.2, 0) is 5.54 Å². The highest BCUT2D eigenvalue weighted by molar-refractivity contribution is 5.75. The maximum atomic E-state index is 12.2. The maximum absolute atomic E-state index is 12.2. The number of carbonyl (C=O) groups is 1. The Bertz CT molecular complexity index is 548. The molecule has 0 fully saturated rings. The third-order valence-corrected chi connectivity index (χ3v) is 4.33. The summed E-state index contributed by atoms with van der Waals surface area (Å²) in [7, 11) is 0. The molecule has 0 saturated heterocycles. The lowest BCUT2D eigenvalue weighted by Crippen LogP contribution is -2.47. The van der Waals surface area contributed by atoms with Crippen LogP contribution in [0, 0.1) is 0 Å². The van der Waals surface area contributed by atoms with Crippen molar-refractivity contribution in [3.63, 3.8) is 0 Å². The van der Waals surface area contributed by atoms with Gasteiger partial charge in [0, 0.05) is 6.54 Å². The largest absolute Gasteiger partial charge is 0.338 e. The van der Waals surface area contributed by atoms with E-state index in [1.807, 2.05) is 39.0 Å². The van der Waals surface area contributed by atoms with Gasteiger partial charge >= 0.3 is 6.03 Å². The minimum absolute atomic E-state index is 0.125. The number of carbonyl (C=O) groups excluding carboxylic acids is 1. The van der Waals surface area contributed by atoms with E-state index in [1.54, 1.807) is 0 Å². The summed E-state index contributed by atoms with van der Waals surface area (Å²) < 4.78 is 0. The molecule has 0 bridgehead atoms. The van der Waals surface area contributed by atoms with Crippen molar-refractivity contribution in [2.75, 3.05) is 26.2 Å². The third-order valence-electron chi connectivity index (χ3n) is 4.33. The van der Waals surface area contributed by atoms with Gasteiger partial charge in [0.05, 0.1) is 5.54 Å². The Kier molecular flexibility index (Phi) is 7.99. The Balaban J connectivity index is 2.53. The van der Waals surface area contributed by atoms with Crippen molar-refractivity contribution in [2.45, 2.75) is 46.6 Å². The van der Waals surface area contributed by atoms with Crippen LogP contribution in [0.4, 0.5) is 4.79 Å². The Labute approximate surface area is 147 Å². The van der Waals surface area contributed by atoms with Crippen molar-refractivity contribution in [1.29, 1.82) is 0 Å². The van der Waals surface area contributed by atoms with Gasteiger partial charge in [-0.3, -0.25) is 0 Å². The molecule has 0 saturated carbocycles. The second-order valence-corrected chi connectivity index (χ2v) is 6.75. The topological polar surface area (TPSA) is 44.4 Å². The fraction of sp³-hybridized carbons (Fsp3) is 0.550. The van der Waals surface area contributed by atoms with Crippen molar-refractivity contribution in [3.05, 3.63) is 42.0 Å². The average Bonchev–Trinajstić information content (AvgIpc) is 2.54. The number of rotatable bonds is 9. The van der Waals surface area contributed by atoms with Gasteiger partial charge in [0.15, 0.2) is 0 Å². The lowest BCUT2D eigenvalue weighted by molar-refractivity contribution is 0.228. The molecule has 4 heteroatoms. The fourth-order valence-corrected chi connectivity index (χ4v) is 2.62. The minimum atomic E-state index is -0.436. The van der Waals surface area contributed by atoms with E-state index in [9.17, 15) is 4.79 Å². The first-order valence-corrected chi connectivity index (χ1v) is 8.85. The number of hydrogen-bond donors (Lipinski definition) is 2. The fourth-order valence-electron chi connectivity index (χ4n) is 2.62. The summed E-state index contributed by atoms with van der Waals surface area (Å²) >= 11 is 0. The van der Waals surface area contributed by atoms with E-state index < -0.39 is 5.54 Å². The molecule has 0 aromatic heterocycles. The quantitative estimate of drug-likeness (QED) is 0.672. The summed E-state index contributed by atoms with van der Waals surface area (Å²) in [6.45, 7) is 18.1. The molecule has 0 heterocycles. The van der Waals surface area contributed by atoms with Gasteiger partial charge in [-0.15, -0.1) is 0 Å². The molecule has 24 heavy (non-hydrogen) atoms. The maximum Gasteiger partial charge on any atom is 0.315 e. The third kappa shape index (κ3) is 6.36. The average molecular weight is 332 g/mol. The molecule has 2 N–H and O–H groups in total. The van der Waals surface area contributed by atoms with Crippen LogP contribution in [0.1, 0.15) is 52.2 Å². The normalized spacial score (nSPS) is 11.4. The van der Waals surface area contributed by atoms with Crippen LogP contribution < -0.4 is 10.6 Å². The van der Waals surface area contributed by atoms with Crippen molar-refractivity contribution in [3.8, 4) is 0 Å². The molecule has 0 aliphatic heterocycles. The molecule has 2 amide bonds. The van der Waals surface area contributed by atoms with E-state index >= 15 is 0 Å². The molecule has 0 atom stereocenters. The Morgan fingerprint density at radius 3 is 2.50 bits per heavy atom. The van der Waals surface area contributed by atoms with E-state index in [1.165, 1.54) is 0 Å². The van der Waals surface area contributed by atoms with Crippen LogP contribution >= 0.6 is 0 Å². The van der Waals surface area contributed by atoms with Gasteiger partial charge in [0.1, 0.15) is 0 Å². The Hall–Kier alpha value is -1.81. The van der Waals surface area contributed by atoms with Crippen LogP contribution in [-0.4, -0.2) is 37.1 Å². The van der Waals surface area contributed by atoms with E-state index in [0.717, 1.165) is 42.8 Å². The highest BCUT2D eigenvalue weighted by Gasteiger charge is 2.23. The molecular formula is C20H33N3O. The minimum Gasteiger partial charge on any atom is -0.338 e. The van der Waals surface area contributed by atoms with Crippen molar-refractivity contribution in [1.82, 2.24) is 15.5 Å². The summed E-state index contributed by atoms with van der Waals surface area (Å²) in [6, 6.07) is 8.04. The number of allylic oxidation sites excluding steroid dienone is 1. The van der Waals surface area contributed by atoms with E-state index in [0.29, 0.717) is 6.54 Å². The number of amides is 2. The first kappa shape index (κ1) is 20.2. The molecule has 1 aromatic rings. The highest BCUT2D eigenvalue weighted by Crippen LogP contribution is 2.23. The standard InChI is InChI=1S/C20H33N3O/c1-7-23(8-2)14-10-13-21-19(24)22-20(5,6)18-12-9-11-17(15-18)16(3)4/h9,11-12,15H,3,7-8,10,13-14H2,1-2,4-6H3,(H2,21,22,24). The molecule has 0 radical (unpaired) electrons. The van der Waals surface area contributed by atoms with Gasteiger partial charge in [0.2, 0.25) is 0 Å². The number of hydrogen-bond acceptors (Lipinski definition) is 2. The molecule has 1 rings (SSSR count). The van der Waals surface area contributed by atoms with E-state index in [4.69, 9.17) is 0 Å². The molecule has 0 aliphatic rings. The van der Waals surface area contributed by atoms with Crippen LogP contribution in [0.25, 0.3) is 5.57 Å². The van der Waals surface area contributed by atoms with Gasteiger partial charge in [0.25, 0.3) is 0 Å². The molecule has 0 aliphatic carbocycles. The first-order chi connectivity index (χ1) is 11.3. The number of benzene rings is 1. The molecule has 1 aromatic carbocycles. The molecule has 4 nitrogen and oxygen atoms in total. The predicted molar refractivity (Wildman–Crippen MR) is 103 cm³/mol. The van der Waals surface area contributed by atoms with Crippen LogP contribution in [0.5, 0.6) is 0 Å². The van der Waals surface area contributed by atoms with E-state index in [-0.39, 0.29) is 6.03 Å². The second-order valence-electron chi connectivity index (χ2n) is 6.75. The van der Waals surface area contributed by atoms with Crippen LogP contribution in [0.2, 0.25) is 0 Å². The van der Waals surface area contributed by atoms with Crippen LogP contribution in [0.3, 0.4) is 0 Å². The van der Waals surface area contributed by atoms with Gasteiger partial charge in [-0.25, -0.2) is 4.79 Å². The summed E-state index contributed by atoms with van der Waals surface area (Å²) in [5.41, 5.74) is 2.76. The number of urea groups is 1. The Morgan fingerprint density at radius 1 is 1.25 bits per heavy atom. The predicted octanol–water partition coefficient (Wildman–Crippen LogP) is 3.99. The molecular weight excluding hydrogens is 298 g/mol. The van der Waals surface area contributed by atoms with Crippen molar-refractivity contribution < 1.29 is 4.79 Å². The highest BCUT2D eigenvalue weighted by atomic mass is 16.2. The van der Waals surface area contributed by atoms with Crippen molar-refractivity contribution >= 4 is 11.6 Å². The van der Waals surface area contributed by atoms with Crippen molar-refractivity contribution in [2.24, 2.45) is 0 Å². The summed E-state index contributed by atoms with van der Waals surface area (Å²) in [5, 5.41) is 6.02. The zero-order valence-electron chi connectivity index (χ0n) is 15.9. The van der Waals surface area contributed by atoms with Gasteiger partial charge < -0.3 is 15.5 Å². The molecule has 0 spiro atoms. The first-order valence-electron chi connectivity index (χ1n) is 8.85. The summed E-state index contributed by atoms with van der Waals surface area (Å²) in [5.74, 6) is 0. The zero-order valence-corrected chi connectivity index (χ0v) is 15.9. The van der Waals surface area contributed by atoms with Gasteiger partial charge in [-0.05, 0) is 64.0 Å². The smallest absolute Gasteiger partial charge is 0.315 e. The summed E-state index contributed by atoms with van der Waals surface area (Å²) in [6.07, 6.45) is 0.959. The molecule has 0 unspecified atom stereocenters. The monoisotopic (exact) mass is 331 g/mol. The second kappa shape index (κ2) is 9.48. The van der Waals surface area contributed by atoms with Gasteiger partial charge in [-0.1, -0.05) is 44.2 Å². The van der Waals surface area contributed by atoms with Gasteiger partial charge in [-0.2, -0.15) is 0 Å². The lowest BCUT2D eigenvalue weighted by atomic mass is 9.92. The summed E-state index contributed by atoms with van der Waals surface area (Å²) in [4.78, 5) is 14.5. The number of nitrogens with one attached hydrogen (secondary N) is 2. The van der Waals surface area contributed by atoms with E-state index in [2.05, 4.69) is 42.0 Å².